The van der Waals surface area contributed by atoms with Gasteiger partial charge in [-0.15, -0.1) is 0 Å². The lowest BCUT2D eigenvalue weighted by atomic mass is 9.83. The molecule has 34 heavy (non-hydrogen) atoms. The summed E-state index contributed by atoms with van der Waals surface area (Å²) >= 11 is 0. The molecule has 0 bridgehead atoms. The molecule has 1 fully saturated rings. The van der Waals surface area contributed by atoms with Crippen LogP contribution in [0.2, 0.25) is 0 Å². The molecular formula is C22H26O12. The second kappa shape index (κ2) is 9.60. The van der Waals surface area contributed by atoms with Gasteiger partial charge in [0.2, 0.25) is 6.29 Å². The van der Waals surface area contributed by atoms with Gasteiger partial charge in [-0.25, -0.2) is 4.79 Å². The molecular weight excluding hydrogens is 456 g/mol. The van der Waals surface area contributed by atoms with Gasteiger partial charge >= 0.3 is 5.97 Å². The van der Waals surface area contributed by atoms with Gasteiger partial charge in [0.25, 0.3) is 0 Å². The van der Waals surface area contributed by atoms with Gasteiger partial charge in [0.15, 0.2) is 12.4 Å². The van der Waals surface area contributed by atoms with Gasteiger partial charge in [-0.05, 0) is 42.0 Å². The standard InChI is InChI=1S/C22H26O12/c23-8-11-7-14(33-19(29)10-1-3-12(25)4-2-10)22(30)5-6-31-20(15(11)22)34-21-18(28)17(27)16(26)13(9-24)32-21/h1-7,13-18,20-21,23-28,30H,8-9H2. The maximum Gasteiger partial charge on any atom is 0.338 e. The molecule has 0 aromatic heterocycles. The highest BCUT2D eigenvalue weighted by molar-refractivity contribution is 5.89. The summed E-state index contributed by atoms with van der Waals surface area (Å²) in [6.07, 6.45) is -6.71. The van der Waals surface area contributed by atoms with E-state index in [1.807, 2.05) is 0 Å². The van der Waals surface area contributed by atoms with E-state index in [2.05, 4.69) is 0 Å². The molecule has 1 aliphatic carbocycles. The number of phenolic OH excluding ortho intramolecular Hbond substituents is 1. The summed E-state index contributed by atoms with van der Waals surface area (Å²) in [4.78, 5) is 12.6. The highest BCUT2D eigenvalue weighted by Crippen LogP contribution is 2.45. The SMILES string of the molecule is O=C(OC1C=C(CO)C2C(OC3OC(CO)C(O)C(O)C3O)OC=CC12O)c1ccc(O)cc1. The first kappa shape index (κ1) is 24.6. The average Bonchev–Trinajstić information content (AvgIpc) is 3.11. The Morgan fingerprint density at radius 1 is 1.03 bits per heavy atom. The van der Waals surface area contributed by atoms with Crippen molar-refractivity contribution in [2.24, 2.45) is 5.92 Å². The Kier molecular flexibility index (Phi) is 6.94. The van der Waals surface area contributed by atoms with Gasteiger partial charge < -0.3 is 54.7 Å². The van der Waals surface area contributed by atoms with E-state index in [4.69, 9.17) is 18.9 Å². The Morgan fingerprint density at radius 3 is 2.38 bits per heavy atom. The molecule has 7 N–H and O–H groups in total. The number of rotatable bonds is 6. The van der Waals surface area contributed by atoms with Crippen LogP contribution in [-0.4, -0.2) is 104 Å². The molecule has 0 spiro atoms. The quantitative estimate of drug-likeness (QED) is 0.172. The number of esters is 1. The number of aliphatic hydroxyl groups excluding tert-OH is 5. The summed E-state index contributed by atoms with van der Waals surface area (Å²) in [6, 6.07) is 5.29. The summed E-state index contributed by atoms with van der Waals surface area (Å²) < 4.78 is 21.9. The highest BCUT2D eigenvalue weighted by atomic mass is 16.8. The van der Waals surface area contributed by atoms with E-state index in [9.17, 15) is 40.5 Å². The van der Waals surface area contributed by atoms with Crippen LogP contribution >= 0.6 is 0 Å². The molecule has 9 unspecified atom stereocenters. The minimum absolute atomic E-state index is 0.0425. The monoisotopic (exact) mass is 482 g/mol. The van der Waals surface area contributed by atoms with Gasteiger partial charge in [0.05, 0.1) is 31.0 Å². The van der Waals surface area contributed by atoms with Crippen molar-refractivity contribution in [1.82, 2.24) is 0 Å². The van der Waals surface area contributed by atoms with Crippen molar-refractivity contribution in [3.05, 3.63) is 53.8 Å². The van der Waals surface area contributed by atoms with Crippen molar-refractivity contribution in [3.8, 4) is 5.75 Å². The van der Waals surface area contributed by atoms with E-state index in [0.717, 1.165) is 6.26 Å². The Hall–Kier alpha value is -2.55. The van der Waals surface area contributed by atoms with Crippen molar-refractivity contribution in [2.45, 2.75) is 48.7 Å². The summed E-state index contributed by atoms with van der Waals surface area (Å²) in [5.74, 6) is -1.94. The van der Waals surface area contributed by atoms with E-state index in [0.29, 0.717) is 0 Å². The topological polar surface area (TPSA) is 196 Å². The lowest BCUT2D eigenvalue weighted by Crippen LogP contribution is -2.61. The average molecular weight is 482 g/mol. The van der Waals surface area contributed by atoms with Gasteiger partial charge in [0, 0.05) is 0 Å². The van der Waals surface area contributed by atoms with Crippen LogP contribution in [0, 0.1) is 5.92 Å². The van der Waals surface area contributed by atoms with Crippen LogP contribution in [0.3, 0.4) is 0 Å². The number of fused-ring (bicyclic) bond motifs is 1. The fourth-order valence-electron chi connectivity index (χ4n) is 4.28. The molecule has 2 aliphatic heterocycles. The predicted molar refractivity (Wildman–Crippen MR) is 110 cm³/mol. The van der Waals surface area contributed by atoms with Crippen molar-refractivity contribution >= 4 is 5.97 Å². The molecule has 12 heteroatoms. The molecule has 1 saturated heterocycles. The molecule has 1 aromatic carbocycles. The van der Waals surface area contributed by atoms with Crippen molar-refractivity contribution in [1.29, 1.82) is 0 Å². The predicted octanol–water partition coefficient (Wildman–Crippen LogP) is -2.12. The molecule has 186 valence electrons. The second-order valence-corrected chi connectivity index (χ2v) is 8.28. The van der Waals surface area contributed by atoms with Crippen LogP contribution in [0.15, 0.2) is 48.3 Å². The number of carbonyl (C=O) groups is 1. The number of phenols is 1. The van der Waals surface area contributed by atoms with Crippen LogP contribution in [-0.2, 0) is 18.9 Å². The van der Waals surface area contributed by atoms with Crippen LogP contribution in [0.1, 0.15) is 10.4 Å². The normalized spacial score (nSPS) is 39.2. The maximum absolute atomic E-state index is 12.6. The van der Waals surface area contributed by atoms with Crippen LogP contribution < -0.4 is 0 Å². The third-order valence-corrected chi connectivity index (χ3v) is 6.18. The van der Waals surface area contributed by atoms with E-state index < -0.39 is 73.8 Å². The zero-order chi connectivity index (χ0) is 24.6. The molecule has 1 aromatic rings. The summed E-state index contributed by atoms with van der Waals surface area (Å²) in [7, 11) is 0. The van der Waals surface area contributed by atoms with Crippen molar-refractivity contribution in [3.63, 3.8) is 0 Å². The molecule has 0 saturated carbocycles. The third kappa shape index (κ3) is 4.30. The number of aromatic hydroxyl groups is 1. The number of hydrogen-bond donors (Lipinski definition) is 7. The molecule has 3 aliphatic rings. The van der Waals surface area contributed by atoms with Gasteiger partial charge in [-0.1, -0.05) is 0 Å². The van der Waals surface area contributed by atoms with E-state index in [-0.39, 0.29) is 16.9 Å². The van der Waals surface area contributed by atoms with Gasteiger partial charge in [-0.2, -0.15) is 0 Å². The van der Waals surface area contributed by atoms with Crippen LogP contribution in [0.5, 0.6) is 5.75 Å². The van der Waals surface area contributed by atoms with Crippen molar-refractivity contribution in [2.75, 3.05) is 13.2 Å². The largest absolute Gasteiger partial charge is 0.508 e. The Bertz CT molecular complexity index is 944. The lowest BCUT2D eigenvalue weighted by Gasteiger charge is -2.44. The first-order valence-electron chi connectivity index (χ1n) is 10.5. The zero-order valence-corrected chi connectivity index (χ0v) is 17.7. The Balaban J connectivity index is 1.54. The fraction of sp³-hybridized carbons (Fsp3) is 0.500. The van der Waals surface area contributed by atoms with Crippen molar-refractivity contribution < 1.29 is 59.5 Å². The molecule has 4 rings (SSSR count). The number of ether oxygens (including phenoxy) is 4. The van der Waals surface area contributed by atoms with Gasteiger partial charge in [0.1, 0.15) is 35.8 Å². The summed E-state index contributed by atoms with van der Waals surface area (Å²) in [5, 5.41) is 70.3. The zero-order valence-electron chi connectivity index (χ0n) is 17.7. The smallest absolute Gasteiger partial charge is 0.338 e. The first-order chi connectivity index (χ1) is 16.2. The Morgan fingerprint density at radius 2 is 1.74 bits per heavy atom. The minimum atomic E-state index is -1.90. The number of aliphatic hydroxyl groups is 6. The number of carbonyl (C=O) groups excluding carboxylic acids is 1. The molecule has 0 amide bonds. The number of benzene rings is 1. The third-order valence-electron chi connectivity index (χ3n) is 6.18. The van der Waals surface area contributed by atoms with Crippen LogP contribution in [0.25, 0.3) is 0 Å². The fourth-order valence-corrected chi connectivity index (χ4v) is 4.28. The maximum atomic E-state index is 12.6. The molecule has 12 nitrogen and oxygen atoms in total. The van der Waals surface area contributed by atoms with E-state index >= 15 is 0 Å². The first-order valence-corrected chi connectivity index (χ1v) is 10.5. The summed E-state index contributed by atoms with van der Waals surface area (Å²) in [6.45, 7) is -1.22. The Labute approximate surface area is 193 Å². The molecule has 0 radical (unpaired) electrons. The minimum Gasteiger partial charge on any atom is -0.508 e. The highest BCUT2D eigenvalue weighted by Gasteiger charge is 2.57. The van der Waals surface area contributed by atoms with Gasteiger partial charge in [-0.3, -0.25) is 0 Å². The molecule has 2 heterocycles. The van der Waals surface area contributed by atoms with E-state index in [1.165, 1.54) is 36.4 Å². The second-order valence-electron chi connectivity index (χ2n) is 8.28. The van der Waals surface area contributed by atoms with Crippen LogP contribution in [0.4, 0.5) is 0 Å². The molecule has 9 atom stereocenters. The summed E-state index contributed by atoms with van der Waals surface area (Å²) in [5.41, 5.74) is -1.57. The lowest BCUT2D eigenvalue weighted by molar-refractivity contribution is -0.344. The van der Waals surface area contributed by atoms with E-state index in [1.54, 1.807) is 0 Å². The number of hydrogen-bond acceptors (Lipinski definition) is 12.